The van der Waals surface area contributed by atoms with Crippen molar-refractivity contribution >= 4 is 11.6 Å². The number of hydrogen-bond donors (Lipinski definition) is 2. The third-order valence-electron chi connectivity index (χ3n) is 2.59. The van der Waals surface area contributed by atoms with Crippen LogP contribution < -0.4 is 11.3 Å². The summed E-state index contributed by atoms with van der Waals surface area (Å²) in [7, 11) is 1.64. The van der Waals surface area contributed by atoms with Gasteiger partial charge in [0.15, 0.2) is 0 Å². The molecule has 0 amide bonds. The minimum Gasteiger partial charge on any atom is -0.380 e. The lowest BCUT2D eigenvalue weighted by Crippen LogP contribution is -2.38. The molecule has 1 aromatic rings. The Labute approximate surface area is 101 Å². The topological polar surface area (TPSA) is 65.1 Å². The first kappa shape index (κ1) is 13.4. The van der Waals surface area contributed by atoms with Crippen LogP contribution in [0.1, 0.15) is 38.5 Å². The van der Waals surface area contributed by atoms with Crippen LogP contribution in [-0.2, 0) is 4.74 Å². The second-order valence-corrected chi connectivity index (χ2v) is 4.41. The quantitative estimate of drug-likeness (QED) is 0.613. The number of ether oxygens (including phenoxy) is 1. The first-order valence-corrected chi connectivity index (χ1v) is 5.62. The first-order valence-electron chi connectivity index (χ1n) is 5.24. The van der Waals surface area contributed by atoms with Crippen LogP contribution in [0, 0.1) is 0 Å². The average Bonchev–Trinajstić information content (AvgIpc) is 2.62. The van der Waals surface area contributed by atoms with Crippen LogP contribution in [0.25, 0.3) is 0 Å². The van der Waals surface area contributed by atoms with Gasteiger partial charge in [0.1, 0.15) is 0 Å². The van der Waals surface area contributed by atoms with E-state index in [1.54, 1.807) is 13.3 Å². The summed E-state index contributed by atoms with van der Waals surface area (Å²) in [6, 6.07) is 0.0461. The fourth-order valence-electron chi connectivity index (χ4n) is 1.63. The molecule has 0 aliphatic carbocycles. The van der Waals surface area contributed by atoms with Crippen LogP contribution in [0.4, 0.5) is 0 Å². The summed E-state index contributed by atoms with van der Waals surface area (Å²) < 4.78 is 7.12. The van der Waals surface area contributed by atoms with Gasteiger partial charge in [-0.05, 0) is 20.8 Å². The lowest BCUT2D eigenvalue weighted by atomic mass is 10.1. The molecule has 0 aliphatic rings. The molecule has 16 heavy (non-hydrogen) atoms. The van der Waals surface area contributed by atoms with Crippen molar-refractivity contribution in [3.05, 3.63) is 16.9 Å². The number of hydrazine groups is 1. The maximum atomic E-state index is 6.13. The van der Waals surface area contributed by atoms with Gasteiger partial charge in [-0.2, -0.15) is 5.10 Å². The van der Waals surface area contributed by atoms with E-state index in [-0.39, 0.29) is 18.2 Å². The summed E-state index contributed by atoms with van der Waals surface area (Å²) in [4.78, 5) is 0. The van der Waals surface area contributed by atoms with Crippen LogP contribution >= 0.6 is 11.6 Å². The summed E-state index contributed by atoms with van der Waals surface area (Å²) >= 11 is 6.13. The van der Waals surface area contributed by atoms with Crippen molar-refractivity contribution in [2.75, 3.05) is 7.11 Å². The van der Waals surface area contributed by atoms with E-state index in [0.29, 0.717) is 5.02 Å². The first-order chi connectivity index (χ1) is 7.52. The van der Waals surface area contributed by atoms with Gasteiger partial charge >= 0.3 is 0 Å². The predicted octanol–water partition coefficient (Wildman–Crippen LogP) is 1.66. The van der Waals surface area contributed by atoms with Crippen LogP contribution in [0.2, 0.25) is 5.02 Å². The Hall–Kier alpha value is -0.620. The molecule has 1 heterocycles. The standard InChI is InChI=1S/C10H19ClN4O/c1-6(2)15-10(8(11)5-13-15)9(14-12)7(3)16-4/h5-7,9,14H,12H2,1-4H3. The van der Waals surface area contributed by atoms with Crippen LogP contribution in [0.3, 0.4) is 0 Å². The van der Waals surface area contributed by atoms with Crippen LogP contribution in [0.5, 0.6) is 0 Å². The SMILES string of the molecule is COC(C)C(NN)c1c(Cl)cnn1C(C)C. The van der Waals surface area contributed by atoms with Crippen molar-refractivity contribution in [1.82, 2.24) is 15.2 Å². The van der Waals surface area contributed by atoms with E-state index >= 15 is 0 Å². The van der Waals surface area contributed by atoms with E-state index < -0.39 is 0 Å². The Balaban J connectivity index is 3.12. The molecule has 5 nitrogen and oxygen atoms in total. The highest BCUT2D eigenvalue weighted by Crippen LogP contribution is 2.27. The number of nitrogens with two attached hydrogens (primary N) is 1. The third kappa shape index (κ3) is 2.55. The Kier molecular flexibility index (Phi) is 4.73. The van der Waals surface area contributed by atoms with Crippen molar-refractivity contribution in [3.63, 3.8) is 0 Å². The van der Waals surface area contributed by atoms with Crippen molar-refractivity contribution in [2.45, 2.75) is 39.0 Å². The van der Waals surface area contributed by atoms with E-state index in [4.69, 9.17) is 22.2 Å². The molecule has 2 unspecified atom stereocenters. The Morgan fingerprint density at radius 2 is 2.12 bits per heavy atom. The number of methoxy groups -OCH3 is 1. The zero-order valence-corrected chi connectivity index (χ0v) is 10.8. The number of nitrogens with zero attached hydrogens (tertiary/aromatic N) is 2. The molecule has 2 atom stereocenters. The number of rotatable bonds is 5. The molecule has 0 radical (unpaired) electrons. The summed E-state index contributed by atoms with van der Waals surface area (Å²) in [6.45, 7) is 6.01. The predicted molar refractivity (Wildman–Crippen MR) is 64.2 cm³/mol. The number of nitrogens with one attached hydrogen (secondary N) is 1. The van der Waals surface area contributed by atoms with Gasteiger partial charge in [0.05, 0.1) is 29.1 Å². The molecule has 0 saturated heterocycles. The van der Waals surface area contributed by atoms with E-state index in [2.05, 4.69) is 10.5 Å². The zero-order valence-electron chi connectivity index (χ0n) is 10.1. The van der Waals surface area contributed by atoms with E-state index in [1.165, 1.54) is 0 Å². The molecule has 0 saturated carbocycles. The molecule has 1 aromatic heterocycles. The summed E-state index contributed by atoms with van der Waals surface area (Å²) in [6.07, 6.45) is 1.54. The highest BCUT2D eigenvalue weighted by molar-refractivity contribution is 6.31. The van der Waals surface area contributed by atoms with Gasteiger partial charge in [-0.3, -0.25) is 10.5 Å². The van der Waals surface area contributed by atoms with Crippen LogP contribution in [-0.4, -0.2) is 23.0 Å². The number of aromatic nitrogens is 2. The fraction of sp³-hybridized carbons (Fsp3) is 0.700. The molecule has 1 rings (SSSR count). The normalized spacial score (nSPS) is 15.4. The van der Waals surface area contributed by atoms with Gasteiger partial charge in [-0.1, -0.05) is 11.6 Å². The van der Waals surface area contributed by atoms with Gasteiger partial charge in [0, 0.05) is 13.2 Å². The maximum Gasteiger partial charge on any atom is 0.0902 e. The molecular weight excluding hydrogens is 228 g/mol. The second kappa shape index (κ2) is 5.63. The minimum absolute atomic E-state index is 0.0864. The molecule has 0 aliphatic heterocycles. The van der Waals surface area contributed by atoms with Crippen molar-refractivity contribution in [1.29, 1.82) is 0 Å². The van der Waals surface area contributed by atoms with Crippen molar-refractivity contribution < 1.29 is 4.74 Å². The Bertz CT molecular complexity index is 340. The third-order valence-corrected chi connectivity index (χ3v) is 2.88. The van der Waals surface area contributed by atoms with Gasteiger partial charge < -0.3 is 4.74 Å². The van der Waals surface area contributed by atoms with Gasteiger partial charge in [0.2, 0.25) is 0 Å². The Morgan fingerprint density at radius 1 is 1.50 bits per heavy atom. The monoisotopic (exact) mass is 246 g/mol. The summed E-state index contributed by atoms with van der Waals surface area (Å²) in [5, 5.41) is 4.83. The molecule has 92 valence electrons. The van der Waals surface area contributed by atoms with Crippen molar-refractivity contribution in [3.8, 4) is 0 Å². The second-order valence-electron chi connectivity index (χ2n) is 4.00. The summed E-state index contributed by atoms with van der Waals surface area (Å²) in [5.41, 5.74) is 3.58. The summed E-state index contributed by atoms with van der Waals surface area (Å²) in [5.74, 6) is 5.55. The molecule has 6 heteroatoms. The number of halogens is 1. The van der Waals surface area contributed by atoms with Gasteiger partial charge in [0.25, 0.3) is 0 Å². The van der Waals surface area contributed by atoms with Crippen molar-refractivity contribution in [2.24, 2.45) is 5.84 Å². The highest BCUT2D eigenvalue weighted by Gasteiger charge is 2.25. The maximum absolute atomic E-state index is 6.13. The van der Waals surface area contributed by atoms with Gasteiger partial charge in [-0.25, -0.2) is 5.43 Å². The molecule has 3 N–H and O–H groups in total. The molecule has 0 spiro atoms. The van der Waals surface area contributed by atoms with Crippen LogP contribution in [0.15, 0.2) is 6.20 Å². The molecular formula is C10H19ClN4O. The van der Waals surface area contributed by atoms with E-state index in [1.807, 2.05) is 25.5 Å². The molecule has 0 bridgehead atoms. The minimum atomic E-state index is -0.178. The van der Waals surface area contributed by atoms with Gasteiger partial charge in [-0.15, -0.1) is 0 Å². The lowest BCUT2D eigenvalue weighted by Gasteiger charge is -2.24. The fourth-order valence-corrected chi connectivity index (χ4v) is 1.87. The highest BCUT2D eigenvalue weighted by atomic mass is 35.5. The average molecular weight is 247 g/mol. The number of hydrogen-bond acceptors (Lipinski definition) is 4. The smallest absolute Gasteiger partial charge is 0.0902 e. The van der Waals surface area contributed by atoms with E-state index in [9.17, 15) is 0 Å². The van der Waals surface area contributed by atoms with E-state index in [0.717, 1.165) is 5.69 Å². The molecule has 0 fully saturated rings. The lowest BCUT2D eigenvalue weighted by molar-refractivity contribution is 0.0796. The molecule has 0 aromatic carbocycles. The largest absolute Gasteiger partial charge is 0.380 e. The zero-order chi connectivity index (χ0) is 12.3. The Morgan fingerprint density at radius 3 is 2.56 bits per heavy atom.